The quantitative estimate of drug-likeness (QED) is 0.581. The third-order valence-corrected chi connectivity index (χ3v) is 5.51. The van der Waals surface area contributed by atoms with Crippen molar-refractivity contribution in [2.45, 2.75) is 0 Å². The fourth-order valence-corrected chi connectivity index (χ4v) is 3.37. The van der Waals surface area contributed by atoms with Crippen LogP contribution in [0.4, 0.5) is 0 Å². The molecule has 0 atom stereocenters. The predicted octanol–water partition coefficient (Wildman–Crippen LogP) is 4.60. The van der Waals surface area contributed by atoms with E-state index in [4.69, 9.17) is 11.6 Å². The number of halogens is 4. The molecule has 18 heavy (non-hydrogen) atoms. The second kappa shape index (κ2) is 5.41. The van der Waals surface area contributed by atoms with Crippen LogP contribution >= 0.6 is 59.4 Å². The molecule has 0 radical (unpaired) electrons. The number of carbonyl (C=O) groups is 2. The van der Waals surface area contributed by atoms with Gasteiger partial charge in [0.05, 0.1) is 19.0 Å². The molecule has 0 unspecified atom stereocenters. The van der Waals surface area contributed by atoms with E-state index in [0.29, 0.717) is 10.6 Å². The molecule has 0 aliphatic heterocycles. The lowest BCUT2D eigenvalue weighted by Gasteiger charge is -2.16. The highest BCUT2D eigenvalue weighted by atomic mass is 79.9. The minimum Gasteiger partial charge on any atom is -0.288 e. The van der Waals surface area contributed by atoms with Crippen LogP contribution in [0, 0.1) is 0 Å². The average molecular weight is 455 g/mol. The summed E-state index contributed by atoms with van der Waals surface area (Å²) >= 11 is 15.4. The van der Waals surface area contributed by atoms with Gasteiger partial charge in [0.2, 0.25) is 11.6 Å². The van der Waals surface area contributed by atoms with Crippen molar-refractivity contribution in [2.24, 2.45) is 0 Å². The molecule has 2 nitrogen and oxygen atoms in total. The van der Waals surface area contributed by atoms with Gasteiger partial charge in [-0.2, -0.15) is 0 Å². The summed E-state index contributed by atoms with van der Waals surface area (Å²) in [6.07, 6.45) is 0. The Morgan fingerprint density at radius 3 is 2.00 bits per heavy atom. The molecule has 0 saturated carbocycles. The summed E-state index contributed by atoms with van der Waals surface area (Å²) < 4.78 is 0.608. The molecular formula is C12H4Br3ClO2. The molecule has 1 aromatic rings. The summed E-state index contributed by atoms with van der Waals surface area (Å²) in [4.78, 5) is 24.2. The SMILES string of the molecule is O=C1C(Br)=C(Br)C(=O)C(c2ccccc2Cl)=C1Br. The van der Waals surface area contributed by atoms with Crippen molar-refractivity contribution >= 4 is 76.5 Å². The third-order valence-electron chi connectivity index (χ3n) is 2.38. The predicted molar refractivity (Wildman–Crippen MR) is 82.2 cm³/mol. The maximum Gasteiger partial charge on any atom is 0.208 e. The number of hydrogen-bond acceptors (Lipinski definition) is 2. The molecule has 1 aliphatic carbocycles. The van der Waals surface area contributed by atoms with Crippen molar-refractivity contribution in [3.63, 3.8) is 0 Å². The Morgan fingerprint density at radius 2 is 1.39 bits per heavy atom. The molecule has 0 N–H and O–H groups in total. The summed E-state index contributed by atoms with van der Waals surface area (Å²) in [6, 6.07) is 6.89. The molecule has 0 spiro atoms. The van der Waals surface area contributed by atoms with Crippen molar-refractivity contribution in [3.05, 3.63) is 48.3 Å². The molecule has 1 aromatic carbocycles. The van der Waals surface area contributed by atoms with Crippen molar-refractivity contribution in [3.8, 4) is 0 Å². The number of ketones is 2. The number of Topliss-reactive ketones (excluding diaryl/α,β-unsaturated/α-hetero) is 2. The molecule has 0 fully saturated rings. The Morgan fingerprint density at radius 1 is 0.833 bits per heavy atom. The van der Waals surface area contributed by atoms with E-state index in [1.165, 1.54) is 0 Å². The van der Waals surface area contributed by atoms with Gasteiger partial charge in [0.25, 0.3) is 0 Å². The molecule has 0 heterocycles. The van der Waals surface area contributed by atoms with Gasteiger partial charge < -0.3 is 0 Å². The number of hydrogen-bond donors (Lipinski definition) is 0. The van der Waals surface area contributed by atoms with Gasteiger partial charge in [0, 0.05) is 10.6 Å². The topological polar surface area (TPSA) is 34.1 Å². The van der Waals surface area contributed by atoms with Crippen LogP contribution in [0.2, 0.25) is 5.02 Å². The van der Waals surface area contributed by atoms with E-state index < -0.39 is 0 Å². The Kier molecular flexibility index (Phi) is 4.26. The van der Waals surface area contributed by atoms with Gasteiger partial charge >= 0.3 is 0 Å². The van der Waals surface area contributed by atoms with E-state index in [-0.39, 0.29) is 30.6 Å². The maximum absolute atomic E-state index is 12.2. The van der Waals surface area contributed by atoms with Gasteiger partial charge in [0.1, 0.15) is 0 Å². The summed E-state index contributed by atoms with van der Waals surface area (Å²) in [5, 5.41) is 0.420. The zero-order valence-electron chi connectivity index (χ0n) is 8.64. The minimum absolute atomic E-state index is 0.200. The van der Waals surface area contributed by atoms with Gasteiger partial charge in [-0.05, 0) is 53.9 Å². The third kappa shape index (κ3) is 2.29. The Hall–Kier alpha value is -0.230. The normalized spacial score (nSPS) is 16.7. The van der Waals surface area contributed by atoms with Crippen LogP contribution in [-0.4, -0.2) is 11.6 Å². The molecule has 0 aromatic heterocycles. The van der Waals surface area contributed by atoms with E-state index in [0.717, 1.165) is 0 Å². The molecule has 2 rings (SSSR count). The highest BCUT2D eigenvalue weighted by Crippen LogP contribution is 2.40. The smallest absolute Gasteiger partial charge is 0.208 e. The number of carbonyl (C=O) groups excluding carboxylic acids is 2. The van der Waals surface area contributed by atoms with E-state index in [9.17, 15) is 9.59 Å². The first kappa shape index (κ1) is 14.2. The lowest BCUT2D eigenvalue weighted by molar-refractivity contribution is -0.113. The minimum atomic E-state index is -0.295. The fourth-order valence-electron chi connectivity index (χ4n) is 1.52. The zero-order chi connectivity index (χ0) is 13.4. The molecule has 92 valence electrons. The first-order valence-electron chi connectivity index (χ1n) is 4.74. The first-order valence-corrected chi connectivity index (χ1v) is 7.50. The lowest BCUT2D eigenvalue weighted by atomic mass is 9.96. The standard InChI is InChI=1S/C12H4Br3ClO2/c13-8-7(5-3-1-2-4-6(5)16)11(17)9(14)10(15)12(8)18/h1-4H. The highest BCUT2D eigenvalue weighted by molar-refractivity contribution is 9.15. The van der Waals surface area contributed by atoms with E-state index in [2.05, 4.69) is 47.8 Å². The summed E-state index contributed by atoms with van der Waals surface area (Å²) in [6.45, 7) is 0. The van der Waals surface area contributed by atoms with Gasteiger partial charge in [-0.25, -0.2) is 0 Å². The Balaban J connectivity index is 2.69. The highest BCUT2D eigenvalue weighted by Gasteiger charge is 2.32. The lowest BCUT2D eigenvalue weighted by Crippen LogP contribution is -2.16. The van der Waals surface area contributed by atoms with Crippen molar-refractivity contribution in [2.75, 3.05) is 0 Å². The van der Waals surface area contributed by atoms with E-state index in [1.54, 1.807) is 24.3 Å². The van der Waals surface area contributed by atoms with Crippen molar-refractivity contribution < 1.29 is 9.59 Å². The summed E-state index contributed by atoms with van der Waals surface area (Å²) in [7, 11) is 0. The van der Waals surface area contributed by atoms with Crippen LogP contribution in [-0.2, 0) is 9.59 Å². The molecule has 0 amide bonds. The fraction of sp³-hybridized carbons (Fsp3) is 0. The van der Waals surface area contributed by atoms with Crippen molar-refractivity contribution in [1.82, 2.24) is 0 Å². The molecule has 0 saturated heterocycles. The molecule has 1 aliphatic rings. The van der Waals surface area contributed by atoms with Gasteiger partial charge in [0.15, 0.2) is 0 Å². The van der Waals surface area contributed by atoms with Crippen molar-refractivity contribution in [1.29, 1.82) is 0 Å². The maximum atomic E-state index is 12.2. The Bertz CT molecular complexity index is 632. The summed E-state index contributed by atoms with van der Waals surface area (Å²) in [5.74, 6) is -0.585. The van der Waals surface area contributed by atoms with Gasteiger partial charge in [-0.15, -0.1) is 0 Å². The number of rotatable bonds is 1. The van der Waals surface area contributed by atoms with Crippen LogP contribution in [0.5, 0.6) is 0 Å². The summed E-state index contributed by atoms with van der Waals surface area (Å²) in [5.41, 5.74) is 0.794. The second-order valence-electron chi connectivity index (χ2n) is 3.46. The average Bonchev–Trinajstić information content (AvgIpc) is 2.36. The van der Waals surface area contributed by atoms with Gasteiger partial charge in [-0.1, -0.05) is 29.8 Å². The monoisotopic (exact) mass is 452 g/mol. The number of benzene rings is 1. The number of allylic oxidation sites excluding steroid dienone is 4. The largest absolute Gasteiger partial charge is 0.288 e. The molecular weight excluding hydrogens is 451 g/mol. The van der Waals surface area contributed by atoms with E-state index >= 15 is 0 Å². The van der Waals surface area contributed by atoms with Crippen LogP contribution < -0.4 is 0 Å². The van der Waals surface area contributed by atoms with Crippen LogP contribution in [0.3, 0.4) is 0 Å². The molecule has 0 bridgehead atoms. The molecule has 6 heteroatoms. The van der Waals surface area contributed by atoms with Crippen LogP contribution in [0.25, 0.3) is 5.57 Å². The Labute approximate surface area is 133 Å². The van der Waals surface area contributed by atoms with Gasteiger partial charge in [-0.3, -0.25) is 9.59 Å². The zero-order valence-corrected chi connectivity index (χ0v) is 14.2. The second-order valence-corrected chi connectivity index (χ2v) is 6.24. The van der Waals surface area contributed by atoms with Crippen LogP contribution in [0.1, 0.15) is 5.56 Å². The van der Waals surface area contributed by atoms with Crippen LogP contribution in [0.15, 0.2) is 37.7 Å². The first-order chi connectivity index (χ1) is 8.45. The van der Waals surface area contributed by atoms with E-state index in [1.807, 2.05) is 0 Å².